The molecule has 72 valence electrons. The molecule has 0 saturated carbocycles. The first-order valence-electron chi connectivity index (χ1n) is 3.55. The molecule has 0 aliphatic carbocycles. The molecule has 0 aromatic heterocycles. The SMILES string of the molecule is COc1ccc(S(=O)(=O)[O-])cc1C. The van der Waals surface area contributed by atoms with E-state index < -0.39 is 10.1 Å². The van der Waals surface area contributed by atoms with Crippen molar-refractivity contribution in [2.45, 2.75) is 11.8 Å². The van der Waals surface area contributed by atoms with Gasteiger partial charge in [-0.2, -0.15) is 0 Å². The maximum absolute atomic E-state index is 10.6. The summed E-state index contributed by atoms with van der Waals surface area (Å²) >= 11 is 0. The summed E-state index contributed by atoms with van der Waals surface area (Å²) < 4.78 is 36.7. The summed E-state index contributed by atoms with van der Waals surface area (Å²) in [6, 6.07) is 3.98. The highest BCUT2D eigenvalue weighted by atomic mass is 32.2. The Morgan fingerprint density at radius 2 is 2.00 bits per heavy atom. The van der Waals surface area contributed by atoms with Gasteiger partial charge in [-0.25, -0.2) is 8.42 Å². The highest BCUT2D eigenvalue weighted by molar-refractivity contribution is 7.85. The van der Waals surface area contributed by atoms with Gasteiger partial charge >= 0.3 is 0 Å². The lowest BCUT2D eigenvalue weighted by Gasteiger charge is -2.09. The standard InChI is InChI=1S/C8H10O4S/c1-6-5-7(13(9,10)11)3-4-8(6)12-2/h3-5H,1-2H3,(H,9,10,11)/p-1. The molecule has 0 spiro atoms. The van der Waals surface area contributed by atoms with Gasteiger partial charge in [-0.05, 0) is 30.7 Å². The summed E-state index contributed by atoms with van der Waals surface area (Å²) in [7, 11) is -2.88. The van der Waals surface area contributed by atoms with Crippen LogP contribution in [0, 0.1) is 6.92 Å². The average molecular weight is 201 g/mol. The molecule has 5 heteroatoms. The van der Waals surface area contributed by atoms with E-state index in [1.54, 1.807) is 6.92 Å². The molecule has 0 amide bonds. The minimum atomic E-state index is -4.36. The van der Waals surface area contributed by atoms with E-state index in [9.17, 15) is 13.0 Å². The summed E-state index contributed by atoms with van der Waals surface area (Å²) in [5.41, 5.74) is 0.624. The van der Waals surface area contributed by atoms with E-state index in [0.717, 1.165) is 0 Å². The van der Waals surface area contributed by atoms with Crippen LogP contribution in [0.5, 0.6) is 5.75 Å². The van der Waals surface area contributed by atoms with Crippen LogP contribution in [0.1, 0.15) is 5.56 Å². The Bertz CT molecular complexity index is 408. The van der Waals surface area contributed by atoms with E-state index in [2.05, 4.69) is 0 Å². The second kappa shape index (κ2) is 3.35. The van der Waals surface area contributed by atoms with Gasteiger partial charge in [0.2, 0.25) is 0 Å². The molecule has 0 saturated heterocycles. The van der Waals surface area contributed by atoms with E-state index in [1.807, 2.05) is 0 Å². The Morgan fingerprint density at radius 1 is 1.38 bits per heavy atom. The van der Waals surface area contributed by atoms with Crippen LogP contribution in [0.15, 0.2) is 23.1 Å². The van der Waals surface area contributed by atoms with E-state index in [4.69, 9.17) is 4.74 Å². The Hall–Kier alpha value is -1.07. The number of hydrogen-bond acceptors (Lipinski definition) is 4. The number of methoxy groups -OCH3 is 1. The Kier molecular flexibility index (Phi) is 2.58. The Labute approximate surface area is 76.9 Å². The molecular formula is C8H9O4S-. The van der Waals surface area contributed by atoms with Crippen molar-refractivity contribution in [3.63, 3.8) is 0 Å². The van der Waals surface area contributed by atoms with Gasteiger partial charge in [0, 0.05) is 0 Å². The minimum absolute atomic E-state index is 0.231. The van der Waals surface area contributed by atoms with Crippen LogP contribution in [0.2, 0.25) is 0 Å². The smallest absolute Gasteiger partial charge is 0.124 e. The molecule has 1 rings (SSSR count). The molecule has 13 heavy (non-hydrogen) atoms. The number of rotatable bonds is 2. The molecule has 4 nitrogen and oxygen atoms in total. The molecule has 0 atom stereocenters. The van der Waals surface area contributed by atoms with Crippen molar-refractivity contribution < 1.29 is 17.7 Å². The summed E-state index contributed by atoms with van der Waals surface area (Å²) in [5, 5.41) is 0. The summed E-state index contributed by atoms with van der Waals surface area (Å²) in [4.78, 5) is -0.231. The van der Waals surface area contributed by atoms with Crippen molar-refractivity contribution >= 4 is 10.1 Å². The molecule has 0 aliphatic heterocycles. The van der Waals surface area contributed by atoms with Crippen LogP contribution in [0.4, 0.5) is 0 Å². The molecule has 1 aromatic rings. The second-order valence-corrected chi connectivity index (χ2v) is 3.97. The summed E-state index contributed by atoms with van der Waals surface area (Å²) in [6.45, 7) is 1.67. The fourth-order valence-electron chi connectivity index (χ4n) is 1.01. The van der Waals surface area contributed by atoms with Crippen LogP contribution in [-0.2, 0) is 10.1 Å². The predicted octanol–water partition coefficient (Wildman–Crippen LogP) is 0.908. The predicted molar refractivity (Wildman–Crippen MR) is 45.7 cm³/mol. The van der Waals surface area contributed by atoms with Crippen molar-refractivity contribution in [3.8, 4) is 5.75 Å². The number of aryl methyl sites for hydroxylation is 1. The zero-order valence-corrected chi connectivity index (χ0v) is 8.09. The zero-order chi connectivity index (χ0) is 10.1. The average Bonchev–Trinajstić information content (AvgIpc) is 2.02. The monoisotopic (exact) mass is 201 g/mol. The molecular weight excluding hydrogens is 192 g/mol. The van der Waals surface area contributed by atoms with Crippen LogP contribution in [0.3, 0.4) is 0 Å². The van der Waals surface area contributed by atoms with Crippen LogP contribution in [-0.4, -0.2) is 20.1 Å². The van der Waals surface area contributed by atoms with Crippen molar-refractivity contribution in [3.05, 3.63) is 23.8 Å². The first-order valence-corrected chi connectivity index (χ1v) is 4.96. The third-order valence-electron chi connectivity index (χ3n) is 1.65. The van der Waals surface area contributed by atoms with E-state index in [-0.39, 0.29) is 4.90 Å². The van der Waals surface area contributed by atoms with Crippen LogP contribution < -0.4 is 4.74 Å². The van der Waals surface area contributed by atoms with Crippen molar-refractivity contribution in [1.29, 1.82) is 0 Å². The molecule has 0 heterocycles. The quantitative estimate of drug-likeness (QED) is 0.667. The third-order valence-corrected chi connectivity index (χ3v) is 2.49. The molecule has 0 unspecified atom stereocenters. The van der Waals surface area contributed by atoms with E-state index in [0.29, 0.717) is 11.3 Å². The maximum atomic E-state index is 10.6. The lowest BCUT2D eigenvalue weighted by molar-refractivity contribution is 0.411. The highest BCUT2D eigenvalue weighted by Gasteiger charge is 2.04. The van der Waals surface area contributed by atoms with Crippen LogP contribution >= 0.6 is 0 Å². The van der Waals surface area contributed by atoms with Gasteiger partial charge in [0.25, 0.3) is 0 Å². The highest BCUT2D eigenvalue weighted by Crippen LogP contribution is 2.20. The fourth-order valence-corrected chi connectivity index (χ4v) is 1.56. The summed E-state index contributed by atoms with van der Waals surface area (Å²) in [5.74, 6) is 0.562. The first-order chi connectivity index (χ1) is 5.95. The Balaban J connectivity index is 3.26. The fraction of sp³-hybridized carbons (Fsp3) is 0.250. The van der Waals surface area contributed by atoms with Gasteiger partial charge in [0.05, 0.1) is 12.0 Å². The van der Waals surface area contributed by atoms with Gasteiger partial charge in [0.1, 0.15) is 15.9 Å². The normalized spacial score (nSPS) is 11.3. The maximum Gasteiger partial charge on any atom is 0.124 e. The molecule has 0 aliphatic rings. The lowest BCUT2D eigenvalue weighted by Crippen LogP contribution is -1.99. The second-order valence-electron chi connectivity index (χ2n) is 2.59. The number of benzene rings is 1. The molecule has 1 aromatic carbocycles. The minimum Gasteiger partial charge on any atom is -0.744 e. The molecule has 0 bridgehead atoms. The first kappa shape index (κ1) is 10.0. The number of ether oxygens (including phenoxy) is 1. The van der Waals surface area contributed by atoms with Gasteiger partial charge in [-0.3, -0.25) is 0 Å². The third kappa shape index (κ3) is 2.19. The van der Waals surface area contributed by atoms with E-state index in [1.165, 1.54) is 25.3 Å². The molecule has 0 fully saturated rings. The van der Waals surface area contributed by atoms with Crippen molar-refractivity contribution in [1.82, 2.24) is 0 Å². The van der Waals surface area contributed by atoms with Crippen LogP contribution in [0.25, 0.3) is 0 Å². The van der Waals surface area contributed by atoms with Crippen molar-refractivity contribution in [2.24, 2.45) is 0 Å². The van der Waals surface area contributed by atoms with Gasteiger partial charge in [0.15, 0.2) is 0 Å². The summed E-state index contributed by atoms with van der Waals surface area (Å²) in [6.07, 6.45) is 0. The zero-order valence-electron chi connectivity index (χ0n) is 7.27. The number of hydrogen-bond donors (Lipinski definition) is 0. The topological polar surface area (TPSA) is 66.4 Å². The molecule has 0 radical (unpaired) electrons. The Morgan fingerprint density at radius 3 is 2.38 bits per heavy atom. The van der Waals surface area contributed by atoms with Gasteiger partial charge < -0.3 is 9.29 Å². The van der Waals surface area contributed by atoms with Gasteiger partial charge in [-0.1, -0.05) is 0 Å². The van der Waals surface area contributed by atoms with Crippen molar-refractivity contribution in [2.75, 3.05) is 7.11 Å². The largest absolute Gasteiger partial charge is 0.744 e. The van der Waals surface area contributed by atoms with E-state index >= 15 is 0 Å². The molecule has 0 N–H and O–H groups in total. The van der Waals surface area contributed by atoms with Gasteiger partial charge in [-0.15, -0.1) is 0 Å². The lowest BCUT2D eigenvalue weighted by atomic mass is 10.2.